The fraction of sp³-hybridized carbons (Fsp3) is 0.562. The topological polar surface area (TPSA) is 64.2 Å². The Kier molecular flexibility index (Phi) is 4.47. The summed E-state index contributed by atoms with van der Waals surface area (Å²) in [6, 6.07) is 2.46. The zero-order valence-corrected chi connectivity index (χ0v) is 14.3. The number of aromatic nitrogens is 4. The molecule has 0 saturated carbocycles. The highest BCUT2D eigenvalue weighted by atomic mass is 15.3. The lowest BCUT2D eigenvalue weighted by atomic mass is 10.2. The van der Waals surface area contributed by atoms with E-state index < -0.39 is 0 Å². The number of hydrogen-bond donors (Lipinski definition) is 1. The van der Waals surface area contributed by atoms with Crippen molar-refractivity contribution in [3.63, 3.8) is 0 Å². The second-order valence-electron chi connectivity index (χ2n) is 6.42. The molecule has 1 atom stereocenters. The third-order valence-electron chi connectivity index (χ3n) is 4.51. The van der Waals surface area contributed by atoms with Gasteiger partial charge in [-0.3, -0.25) is 10.00 Å². The van der Waals surface area contributed by atoms with Gasteiger partial charge in [-0.15, -0.1) is 0 Å². The molecule has 0 spiro atoms. The van der Waals surface area contributed by atoms with Crippen molar-refractivity contribution in [1.29, 1.82) is 0 Å². The van der Waals surface area contributed by atoms with Gasteiger partial charge in [0.2, 0.25) is 5.95 Å². The van der Waals surface area contributed by atoms with Crippen LogP contribution in [0.1, 0.15) is 17.7 Å². The molecule has 23 heavy (non-hydrogen) atoms. The van der Waals surface area contributed by atoms with Gasteiger partial charge in [-0.2, -0.15) is 10.1 Å². The van der Waals surface area contributed by atoms with Crippen molar-refractivity contribution < 1.29 is 0 Å². The molecule has 1 saturated heterocycles. The normalized spacial score (nSPS) is 18.3. The number of likely N-dealkylation sites (tertiary alicyclic amines) is 1. The Bertz CT molecular complexity index is 651. The van der Waals surface area contributed by atoms with E-state index in [0.717, 1.165) is 43.5 Å². The monoisotopic (exact) mass is 315 g/mol. The molecule has 0 aromatic carbocycles. The van der Waals surface area contributed by atoms with Crippen molar-refractivity contribution in [2.45, 2.75) is 25.9 Å². The molecule has 0 aliphatic carbocycles. The first-order valence-electron chi connectivity index (χ1n) is 7.99. The van der Waals surface area contributed by atoms with Crippen LogP contribution in [0.15, 0.2) is 18.5 Å². The second kappa shape index (κ2) is 6.54. The van der Waals surface area contributed by atoms with Crippen molar-refractivity contribution in [2.24, 2.45) is 0 Å². The lowest BCUT2D eigenvalue weighted by molar-refractivity contribution is 0.325. The first-order chi connectivity index (χ1) is 11.0. The zero-order valence-electron chi connectivity index (χ0n) is 14.3. The minimum Gasteiger partial charge on any atom is -0.355 e. The van der Waals surface area contributed by atoms with Gasteiger partial charge >= 0.3 is 0 Å². The van der Waals surface area contributed by atoms with Gasteiger partial charge in [-0.25, -0.2) is 4.98 Å². The summed E-state index contributed by atoms with van der Waals surface area (Å²) < 4.78 is 0. The number of rotatable bonds is 5. The first-order valence-corrected chi connectivity index (χ1v) is 7.99. The summed E-state index contributed by atoms with van der Waals surface area (Å²) in [5.74, 6) is 1.73. The number of hydrogen-bond acceptors (Lipinski definition) is 6. The number of nitrogens with one attached hydrogen (secondary N) is 1. The molecule has 3 rings (SSSR count). The third kappa shape index (κ3) is 3.44. The maximum atomic E-state index is 4.64. The molecular weight excluding hydrogens is 290 g/mol. The molecule has 0 amide bonds. The van der Waals surface area contributed by atoms with Gasteiger partial charge in [-0.1, -0.05) is 0 Å². The molecule has 124 valence electrons. The average molecular weight is 315 g/mol. The summed E-state index contributed by atoms with van der Waals surface area (Å²) in [6.07, 6.45) is 4.91. The highest BCUT2D eigenvalue weighted by Crippen LogP contribution is 2.22. The smallest absolute Gasteiger partial charge is 0.226 e. The number of aryl methyl sites for hydroxylation is 1. The minimum absolute atomic E-state index is 0.479. The molecule has 1 N–H and O–H groups in total. The van der Waals surface area contributed by atoms with Gasteiger partial charge in [-0.05, 0) is 19.4 Å². The van der Waals surface area contributed by atoms with Crippen LogP contribution in [0, 0.1) is 6.92 Å². The molecule has 2 aromatic rings. The van der Waals surface area contributed by atoms with E-state index >= 15 is 0 Å². The standard InChI is InChI=1S/C16H25N7/c1-12-13(9-18-20-12)10-23-8-6-14(11-23)22(4)15-5-7-17-16(19-15)21(2)3/h5,7,9,14H,6,8,10-11H2,1-4H3,(H,18,20). The summed E-state index contributed by atoms with van der Waals surface area (Å²) in [6.45, 7) is 5.18. The Balaban J connectivity index is 1.64. The van der Waals surface area contributed by atoms with Crippen LogP contribution in [0.5, 0.6) is 0 Å². The summed E-state index contributed by atoms with van der Waals surface area (Å²) in [7, 11) is 6.05. The molecule has 1 aliphatic heterocycles. The molecule has 7 nitrogen and oxygen atoms in total. The number of aromatic amines is 1. The molecule has 1 fully saturated rings. The van der Waals surface area contributed by atoms with E-state index in [1.54, 1.807) is 0 Å². The van der Waals surface area contributed by atoms with E-state index in [-0.39, 0.29) is 0 Å². The fourth-order valence-corrected chi connectivity index (χ4v) is 2.99. The maximum absolute atomic E-state index is 4.64. The summed E-state index contributed by atoms with van der Waals surface area (Å²) in [5, 5.41) is 7.12. The summed E-state index contributed by atoms with van der Waals surface area (Å²) in [4.78, 5) is 15.6. The Morgan fingerprint density at radius 1 is 1.35 bits per heavy atom. The number of H-pyrrole nitrogens is 1. The molecule has 1 aliphatic rings. The van der Waals surface area contributed by atoms with E-state index in [4.69, 9.17) is 0 Å². The van der Waals surface area contributed by atoms with Gasteiger partial charge in [0.15, 0.2) is 0 Å². The van der Waals surface area contributed by atoms with Crippen molar-refractivity contribution in [1.82, 2.24) is 25.1 Å². The van der Waals surface area contributed by atoms with Gasteiger partial charge in [0.05, 0.1) is 6.20 Å². The Morgan fingerprint density at radius 3 is 2.87 bits per heavy atom. The van der Waals surface area contributed by atoms with Gasteiger partial charge in [0.1, 0.15) is 5.82 Å². The van der Waals surface area contributed by atoms with E-state index in [1.165, 1.54) is 5.56 Å². The van der Waals surface area contributed by atoms with Crippen LogP contribution in [0.4, 0.5) is 11.8 Å². The quantitative estimate of drug-likeness (QED) is 0.897. The first kappa shape index (κ1) is 15.7. The molecular formula is C16H25N7. The largest absolute Gasteiger partial charge is 0.355 e. The number of likely N-dealkylation sites (N-methyl/N-ethyl adjacent to an activating group) is 1. The van der Waals surface area contributed by atoms with E-state index in [2.05, 4.69) is 43.9 Å². The summed E-state index contributed by atoms with van der Waals surface area (Å²) >= 11 is 0. The van der Waals surface area contributed by atoms with Crippen LogP contribution in [0.25, 0.3) is 0 Å². The van der Waals surface area contributed by atoms with Crippen molar-refractivity contribution in [3.8, 4) is 0 Å². The third-order valence-corrected chi connectivity index (χ3v) is 4.51. The zero-order chi connectivity index (χ0) is 16.4. The van der Waals surface area contributed by atoms with Crippen LogP contribution in [0.2, 0.25) is 0 Å². The number of anilines is 2. The van der Waals surface area contributed by atoms with E-state index in [1.807, 2.05) is 37.5 Å². The van der Waals surface area contributed by atoms with Gasteiger partial charge in [0, 0.05) is 64.3 Å². The summed E-state index contributed by atoms with van der Waals surface area (Å²) in [5.41, 5.74) is 2.44. The molecule has 3 heterocycles. The predicted octanol–water partition coefficient (Wildman–Crippen LogP) is 1.28. The predicted molar refractivity (Wildman–Crippen MR) is 91.8 cm³/mol. The van der Waals surface area contributed by atoms with Crippen LogP contribution < -0.4 is 9.80 Å². The SMILES string of the molecule is Cc1[nH]ncc1CN1CCC(N(C)c2ccnc(N(C)C)n2)C1. The van der Waals surface area contributed by atoms with E-state index in [0.29, 0.717) is 6.04 Å². The Morgan fingerprint density at radius 2 is 2.17 bits per heavy atom. The average Bonchev–Trinajstić information content (AvgIpc) is 3.17. The highest BCUT2D eigenvalue weighted by molar-refractivity contribution is 5.43. The lowest BCUT2D eigenvalue weighted by Crippen LogP contribution is -2.35. The second-order valence-corrected chi connectivity index (χ2v) is 6.42. The molecule has 7 heteroatoms. The van der Waals surface area contributed by atoms with Crippen molar-refractivity contribution in [2.75, 3.05) is 44.0 Å². The minimum atomic E-state index is 0.479. The lowest BCUT2D eigenvalue weighted by Gasteiger charge is -2.26. The van der Waals surface area contributed by atoms with Gasteiger partial charge < -0.3 is 9.80 Å². The molecule has 1 unspecified atom stereocenters. The van der Waals surface area contributed by atoms with Crippen LogP contribution in [0.3, 0.4) is 0 Å². The fourth-order valence-electron chi connectivity index (χ4n) is 2.99. The highest BCUT2D eigenvalue weighted by Gasteiger charge is 2.27. The molecule has 0 radical (unpaired) electrons. The van der Waals surface area contributed by atoms with Crippen molar-refractivity contribution >= 4 is 11.8 Å². The maximum Gasteiger partial charge on any atom is 0.226 e. The van der Waals surface area contributed by atoms with Crippen LogP contribution in [-0.2, 0) is 6.54 Å². The number of nitrogens with zero attached hydrogens (tertiary/aromatic N) is 6. The molecule has 0 bridgehead atoms. The van der Waals surface area contributed by atoms with Crippen LogP contribution in [-0.4, -0.2) is 65.3 Å². The van der Waals surface area contributed by atoms with E-state index in [9.17, 15) is 0 Å². The Hall–Kier alpha value is -2.15. The van der Waals surface area contributed by atoms with Crippen molar-refractivity contribution in [3.05, 3.63) is 29.7 Å². The Labute approximate surface area is 137 Å². The van der Waals surface area contributed by atoms with Crippen LogP contribution >= 0.6 is 0 Å². The van der Waals surface area contributed by atoms with Gasteiger partial charge in [0.25, 0.3) is 0 Å². The molecule has 2 aromatic heterocycles.